The van der Waals surface area contributed by atoms with E-state index in [0.717, 1.165) is 0 Å². The molecule has 0 spiro atoms. The number of nitrogens with one attached hydrogen (secondary N) is 2. The van der Waals surface area contributed by atoms with Crippen LogP contribution >= 0.6 is 0 Å². The summed E-state index contributed by atoms with van der Waals surface area (Å²) in [5.74, 6) is -0.727. The molecule has 2 N–H and O–H groups in total. The molecule has 0 aliphatic carbocycles. The topological polar surface area (TPSA) is 53.5 Å². The number of halogens is 2. The second kappa shape index (κ2) is 6.42. The number of rotatable bonds is 3. The maximum absolute atomic E-state index is 12.7. The summed E-state index contributed by atoms with van der Waals surface area (Å²) in [6.07, 6.45) is 1.38. The van der Waals surface area contributed by atoms with Crippen molar-refractivity contribution in [1.82, 2.24) is 5.43 Å². The number of benzene rings is 2. The first-order valence-corrected chi connectivity index (χ1v) is 5.75. The highest BCUT2D eigenvalue weighted by Crippen LogP contribution is 2.07. The molecule has 2 aromatic carbocycles. The molecule has 0 aromatic heterocycles. The Morgan fingerprint density at radius 2 is 1.50 bits per heavy atom. The maximum atomic E-state index is 12.7. The van der Waals surface area contributed by atoms with E-state index in [1.54, 1.807) is 0 Å². The van der Waals surface area contributed by atoms with Crippen LogP contribution in [0.2, 0.25) is 0 Å². The third-order valence-corrected chi connectivity index (χ3v) is 2.35. The average molecular weight is 275 g/mol. The molecule has 6 heteroatoms. The largest absolute Gasteiger partial charge is 0.339 e. The van der Waals surface area contributed by atoms with Gasteiger partial charge in [-0.1, -0.05) is 12.1 Å². The second-order valence-corrected chi connectivity index (χ2v) is 3.88. The van der Waals surface area contributed by atoms with E-state index in [1.165, 1.54) is 54.7 Å². The van der Waals surface area contributed by atoms with Gasteiger partial charge in [-0.05, 0) is 42.0 Å². The summed E-state index contributed by atoms with van der Waals surface area (Å²) < 4.78 is 25.3. The highest BCUT2D eigenvalue weighted by molar-refractivity contribution is 5.90. The third-order valence-electron chi connectivity index (χ3n) is 2.35. The molecule has 0 aliphatic rings. The van der Waals surface area contributed by atoms with Gasteiger partial charge >= 0.3 is 6.03 Å². The SMILES string of the molecule is O=C(N/N=C/c1ccc(F)cc1)Nc1ccc(F)cc1. The molecule has 0 heterocycles. The van der Waals surface area contributed by atoms with Crippen LogP contribution in [0.5, 0.6) is 0 Å². The molecule has 2 rings (SSSR count). The van der Waals surface area contributed by atoms with Crippen LogP contribution in [0.1, 0.15) is 5.56 Å². The molecule has 0 aliphatic heterocycles. The first-order chi connectivity index (χ1) is 9.63. The number of hydrazone groups is 1. The minimum absolute atomic E-state index is 0.343. The van der Waals surface area contributed by atoms with E-state index in [-0.39, 0.29) is 11.6 Å². The number of carbonyl (C=O) groups excluding carboxylic acids is 1. The summed E-state index contributed by atoms with van der Waals surface area (Å²) in [4.78, 5) is 11.5. The molecule has 0 saturated carbocycles. The Kier molecular flexibility index (Phi) is 4.39. The lowest BCUT2D eigenvalue weighted by Gasteiger charge is -2.03. The standard InChI is InChI=1S/C14H11F2N3O/c15-11-3-1-10(2-4-11)9-17-19-14(20)18-13-7-5-12(16)6-8-13/h1-9H,(H2,18,19,20)/b17-9+. The van der Waals surface area contributed by atoms with Crippen molar-refractivity contribution in [3.05, 3.63) is 65.7 Å². The van der Waals surface area contributed by atoms with Crippen molar-refractivity contribution in [2.75, 3.05) is 5.32 Å². The molecule has 0 radical (unpaired) electrons. The quantitative estimate of drug-likeness (QED) is 0.656. The normalized spacial score (nSPS) is 10.5. The van der Waals surface area contributed by atoms with Crippen LogP contribution in [-0.2, 0) is 0 Å². The Morgan fingerprint density at radius 3 is 2.10 bits per heavy atom. The van der Waals surface area contributed by atoms with Crippen LogP contribution in [0.4, 0.5) is 19.3 Å². The lowest BCUT2D eigenvalue weighted by Crippen LogP contribution is -2.24. The number of hydrogen-bond donors (Lipinski definition) is 2. The molecular weight excluding hydrogens is 264 g/mol. The molecule has 2 aromatic rings. The second-order valence-electron chi connectivity index (χ2n) is 3.88. The Hall–Kier alpha value is -2.76. The van der Waals surface area contributed by atoms with Gasteiger partial charge in [0.2, 0.25) is 0 Å². The van der Waals surface area contributed by atoms with Crippen molar-refractivity contribution in [3.63, 3.8) is 0 Å². The summed E-state index contributed by atoms with van der Waals surface area (Å²) in [6.45, 7) is 0. The Balaban J connectivity index is 1.85. The van der Waals surface area contributed by atoms with E-state index < -0.39 is 6.03 Å². The van der Waals surface area contributed by atoms with Crippen LogP contribution in [-0.4, -0.2) is 12.2 Å². The smallest absolute Gasteiger partial charge is 0.307 e. The fourth-order valence-electron chi connectivity index (χ4n) is 1.41. The Morgan fingerprint density at radius 1 is 0.950 bits per heavy atom. The van der Waals surface area contributed by atoms with Gasteiger partial charge in [-0.25, -0.2) is 19.0 Å². The molecule has 20 heavy (non-hydrogen) atoms. The number of nitrogens with zero attached hydrogens (tertiary/aromatic N) is 1. The van der Waals surface area contributed by atoms with Gasteiger partial charge in [-0.2, -0.15) is 5.10 Å². The van der Waals surface area contributed by atoms with Gasteiger partial charge in [0, 0.05) is 5.69 Å². The number of urea groups is 1. The van der Waals surface area contributed by atoms with Crippen molar-refractivity contribution in [3.8, 4) is 0 Å². The molecule has 0 unspecified atom stereocenters. The number of hydrogen-bond acceptors (Lipinski definition) is 2. The van der Waals surface area contributed by atoms with E-state index in [2.05, 4.69) is 15.8 Å². The first-order valence-electron chi connectivity index (χ1n) is 5.75. The van der Waals surface area contributed by atoms with Crippen LogP contribution in [0.15, 0.2) is 53.6 Å². The zero-order valence-corrected chi connectivity index (χ0v) is 10.3. The molecular formula is C14H11F2N3O. The highest BCUT2D eigenvalue weighted by atomic mass is 19.1. The monoisotopic (exact) mass is 275 g/mol. The van der Waals surface area contributed by atoms with Crippen molar-refractivity contribution in [1.29, 1.82) is 0 Å². The predicted octanol–water partition coefficient (Wildman–Crippen LogP) is 3.12. The van der Waals surface area contributed by atoms with E-state index in [4.69, 9.17) is 0 Å². The van der Waals surface area contributed by atoms with E-state index in [0.29, 0.717) is 11.3 Å². The van der Waals surface area contributed by atoms with Crippen molar-refractivity contribution in [2.45, 2.75) is 0 Å². The van der Waals surface area contributed by atoms with Crippen LogP contribution in [0, 0.1) is 11.6 Å². The molecule has 0 bridgehead atoms. The Bertz CT molecular complexity index is 609. The van der Waals surface area contributed by atoms with Crippen LogP contribution in [0.25, 0.3) is 0 Å². The lowest BCUT2D eigenvalue weighted by molar-refractivity contribution is 0.252. The zero-order chi connectivity index (χ0) is 14.4. The van der Waals surface area contributed by atoms with Gasteiger partial charge in [-0.3, -0.25) is 0 Å². The fourth-order valence-corrected chi connectivity index (χ4v) is 1.41. The summed E-state index contributed by atoms with van der Waals surface area (Å²) in [6, 6.07) is 10.4. The lowest BCUT2D eigenvalue weighted by atomic mass is 10.2. The predicted molar refractivity (Wildman–Crippen MR) is 72.5 cm³/mol. The molecule has 0 saturated heterocycles. The van der Waals surface area contributed by atoms with Crippen molar-refractivity contribution >= 4 is 17.9 Å². The molecule has 4 nitrogen and oxygen atoms in total. The first kappa shape index (κ1) is 13.7. The summed E-state index contributed by atoms with van der Waals surface area (Å²) >= 11 is 0. The number of amides is 2. The molecule has 0 fully saturated rings. The number of anilines is 1. The van der Waals surface area contributed by atoms with Crippen molar-refractivity contribution < 1.29 is 13.6 Å². The molecule has 2 amide bonds. The van der Waals surface area contributed by atoms with E-state index >= 15 is 0 Å². The van der Waals surface area contributed by atoms with Crippen molar-refractivity contribution in [2.24, 2.45) is 5.10 Å². The average Bonchev–Trinajstić information content (AvgIpc) is 2.44. The van der Waals surface area contributed by atoms with Gasteiger partial charge in [0.25, 0.3) is 0 Å². The van der Waals surface area contributed by atoms with Crippen LogP contribution < -0.4 is 10.7 Å². The molecule has 0 atom stereocenters. The van der Waals surface area contributed by atoms with Gasteiger partial charge in [-0.15, -0.1) is 0 Å². The Labute approximate surface area is 114 Å². The third kappa shape index (κ3) is 4.16. The zero-order valence-electron chi connectivity index (χ0n) is 10.3. The molecule has 102 valence electrons. The van der Waals surface area contributed by atoms with E-state index in [9.17, 15) is 13.6 Å². The number of carbonyl (C=O) groups is 1. The van der Waals surface area contributed by atoms with Gasteiger partial charge in [0.1, 0.15) is 11.6 Å². The fraction of sp³-hybridized carbons (Fsp3) is 0. The minimum Gasteiger partial charge on any atom is -0.307 e. The summed E-state index contributed by atoms with van der Waals surface area (Å²) in [5.41, 5.74) is 3.33. The van der Waals surface area contributed by atoms with Gasteiger partial charge in [0.15, 0.2) is 0 Å². The van der Waals surface area contributed by atoms with Crippen LogP contribution in [0.3, 0.4) is 0 Å². The van der Waals surface area contributed by atoms with E-state index in [1.807, 2.05) is 0 Å². The van der Waals surface area contributed by atoms with Gasteiger partial charge < -0.3 is 5.32 Å². The maximum Gasteiger partial charge on any atom is 0.339 e. The minimum atomic E-state index is -0.560. The van der Waals surface area contributed by atoms with Gasteiger partial charge in [0.05, 0.1) is 6.21 Å². The highest BCUT2D eigenvalue weighted by Gasteiger charge is 1.99. The summed E-state index contributed by atoms with van der Waals surface area (Å²) in [7, 11) is 0. The summed E-state index contributed by atoms with van der Waals surface area (Å²) in [5, 5.41) is 6.18.